The third kappa shape index (κ3) is 4.39. The molecule has 3 aromatic rings. The van der Waals surface area contributed by atoms with E-state index >= 15 is 0 Å². The van der Waals surface area contributed by atoms with Gasteiger partial charge in [-0.15, -0.1) is 11.3 Å². The maximum atomic E-state index is 12.1. The van der Waals surface area contributed by atoms with Crippen molar-refractivity contribution in [1.82, 2.24) is 15.3 Å². The predicted octanol–water partition coefficient (Wildman–Crippen LogP) is 3.33. The van der Waals surface area contributed by atoms with Gasteiger partial charge in [0.25, 0.3) is 5.91 Å². The van der Waals surface area contributed by atoms with Gasteiger partial charge >= 0.3 is 0 Å². The van der Waals surface area contributed by atoms with Gasteiger partial charge < -0.3 is 19.2 Å². The summed E-state index contributed by atoms with van der Waals surface area (Å²) < 4.78 is 17.4. The van der Waals surface area contributed by atoms with Crippen molar-refractivity contribution in [3.8, 4) is 5.75 Å². The molecule has 7 nitrogen and oxygen atoms in total. The number of benzene rings is 1. The van der Waals surface area contributed by atoms with Crippen molar-refractivity contribution in [1.29, 1.82) is 0 Å². The second-order valence-electron chi connectivity index (χ2n) is 5.75. The Kier molecular flexibility index (Phi) is 5.85. The summed E-state index contributed by atoms with van der Waals surface area (Å²) in [4.78, 5) is 20.7. The van der Waals surface area contributed by atoms with E-state index in [9.17, 15) is 4.79 Å². The summed E-state index contributed by atoms with van der Waals surface area (Å²) in [5, 5.41) is 3.79. The number of nitrogens with zero attached hydrogens (tertiary/aromatic N) is 2. The topological polar surface area (TPSA) is 86.5 Å². The van der Waals surface area contributed by atoms with Crippen molar-refractivity contribution in [2.45, 2.75) is 33.0 Å². The lowest BCUT2D eigenvalue weighted by Crippen LogP contribution is -2.33. The number of methoxy groups -OCH3 is 1. The summed E-state index contributed by atoms with van der Waals surface area (Å²) in [7, 11) is 1.62. The number of nitrogens with one attached hydrogen (secondary N) is 1. The first-order valence-electron chi connectivity index (χ1n) is 8.34. The molecule has 1 atom stereocenters. The van der Waals surface area contributed by atoms with E-state index in [2.05, 4.69) is 15.3 Å². The summed E-state index contributed by atoms with van der Waals surface area (Å²) >= 11 is 1.64. The van der Waals surface area contributed by atoms with Crippen LogP contribution < -0.4 is 10.1 Å². The number of carbonyl (C=O) groups is 1. The Hall–Kier alpha value is -2.45. The molecule has 138 valence electrons. The Balaban J connectivity index is 1.56. The van der Waals surface area contributed by atoms with Crippen LogP contribution in [0.5, 0.6) is 5.75 Å². The average molecular weight is 375 g/mol. The standard InChI is InChI=1S/C18H21N3O4S/c1-4-12(23-3)8-19-18(22)15-9-25-17(21-15)10-24-13-5-6-16-14(7-13)20-11(2)26-16/h5-7,9,12H,4,8,10H2,1-3H3,(H,19,22)/t12-/m0/s1. The molecule has 26 heavy (non-hydrogen) atoms. The van der Waals surface area contributed by atoms with E-state index in [1.54, 1.807) is 18.4 Å². The highest BCUT2D eigenvalue weighted by atomic mass is 32.1. The van der Waals surface area contributed by atoms with Gasteiger partial charge in [-0.2, -0.15) is 0 Å². The number of carbonyl (C=O) groups excluding carboxylic acids is 1. The lowest BCUT2D eigenvalue weighted by Gasteiger charge is -2.12. The van der Waals surface area contributed by atoms with Gasteiger partial charge in [0, 0.05) is 19.7 Å². The smallest absolute Gasteiger partial charge is 0.273 e. The van der Waals surface area contributed by atoms with Crippen molar-refractivity contribution in [3.05, 3.63) is 41.1 Å². The number of aromatic nitrogens is 2. The monoisotopic (exact) mass is 375 g/mol. The molecule has 3 rings (SSSR count). The summed E-state index contributed by atoms with van der Waals surface area (Å²) in [5.74, 6) is 0.719. The van der Waals surface area contributed by atoms with Gasteiger partial charge in [0.1, 0.15) is 12.0 Å². The van der Waals surface area contributed by atoms with Gasteiger partial charge in [0.15, 0.2) is 12.3 Å². The van der Waals surface area contributed by atoms with Crippen LogP contribution in [-0.4, -0.2) is 35.6 Å². The van der Waals surface area contributed by atoms with Crippen LogP contribution in [0.15, 0.2) is 28.9 Å². The first-order chi connectivity index (χ1) is 12.6. The van der Waals surface area contributed by atoms with E-state index in [0.29, 0.717) is 18.2 Å². The SMILES string of the molecule is CC[C@@H](CNC(=O)c1coc(COc2ccc3sc(C)nc3c2)n1)OC. The third-order valence-electron chi connectivity index (χ3n) is 3.89. The molecule has 0 bridgehead atoms. The number of aryl methyl sites for hydroxylation is 1. The van der Waals surface area contributed by atoms with Crippen LogP contribution in [-0.2, 0) is 11.3 Å². The molecule has 1 N–H and O–H groups in total. The Bertz CT molecular complexity index is 886. The molecule has 0 fully saturated rings. The quantitative estimate of drug-likeness (QED) is 0.650. The molecule has 0 aliphatic rings. The van der Waals surface area contributed by atoms with Crippen LogP contribution in [0.3, 0.4) is 0 Å². The Morgan fingerprint density at radius 3 is 3.00 bits per heavy atom. The van der Waals surface area contributed by atoms with E-state index in [4.69, 9.17) is 13.9 Å². The zero-order chi connectivity index (χ0) is 18.5. The molecule has 1 amide bonds. The molecule has 0 aliphatic heterocycles. The van der Waals surface area contributed by atoms with Gasteiger partial charge in [-0.1, -0.05) is 6.92 Å². The van der Waals surface area contributed by atoms with Crippen molar-refractivity contribution in [2.75, 3.05) is 13.7 Å². The number of hydrogen-bond donors (Lipinski definition) is 1. The molecule has 8 heteroatoms. The highest BCUT2D eigenvalue weighted by molar-refractivity contribution is 7.18. The van der Waals surface area contributed by atoms with E-state index in [1.165, 1.54) is 6.26 Å². The fourth-order valence-electron chi connectivity index (χ4n) is 2.43. The van der Waals surface area contributed by atoms with Crippen molar-refractivity contribution in [3.63, 3.8) is 0 Å². The second kappa shape index (κ2) is 8.29. The average Bonchev–Trinajstić information content (AvgIpc) is 3.25. The minimum atomic E-state index is -0.296. The molecule has 0 radical (unpaired) electrons. The number of thiazole rings is 1. The summed E-state index contributed by atoms with van der Waals surface area (Å²) in [6.45, 7) is 4.53. The summed E-state index contributed by atoms with van der Waals surface area (Å²) in [6.07, 6.45) is 2.13. The fraction of sp³-hybridized carbons (Fsp3) is 0.389. The number of hydrogen-bond acceptors (Lipinski definition) is 7. The lowest BCUT2D eigenvalue weighted by atomic mass is 10.2. The molecule has 1 aromatic carbocycles. The van der Waals surface area contributed by atoms with Gasteiger partial charge in [-0.25, -0.2) is 9.97 Å². The first-order valence-corrected chi connectivity index (χ1v) is 9.16. The minimum absolute atomic E-state index is 0.0158. The second-order valence-corrected chi connectivity index (χ2v) is 6.99. The van der Waals surface area contributed by atoms with Crippen LogP contribution in [0.2, 0.25) is 0 Å². The minimum Gasteiger partial charge on any atom is -0.484 e. The summed E-state index contributed by atoms with van der Waals surface area (Å²) in [5.41, 5.74) is 1.13. The number of ether oxygens (including phenoxy) is 2. The normalized spacial score (nSPS) is 12.3. The molecular formula is C18H21N3O4S. The van der Waals surface area contributed by atoms with Gasteiger partial charge in [-0.05, 0) is 25.5 Å². The number of amides is 1. The van der Waals surface area contributed by atoms with Crippen LogP contribution in [0, 0.1) is 6.92 Å². The number of rotatable bonds is 8. The van der Waals surface area contributed by atoms with Crippen LogP contribution in [0.4, 0.5) is 0 Å². The number of fused-ring (bicyclic) bond motifs is 1. The highest BCUT2D eigenvalue weighted by Gasteiger charge is 2.14. The van der Waals surface area contributed by atoms with Gasteiger partial charge in [0.05, 0.1) is 21.3 Å². The Labute approximate surface area is 155 Å². The zero-order valence-corrected chi connectivity index (χ0v) is 15.8. The molecule has 0 aliphatic carbocycles. The number of oxazole rings is 1. The zero-order valence-electron chi connectivity index (χ0n) is 14.9. The third-order valence-corrected chi connectivity index (χ3v) is 4.84. The molecule has 0 spiro atoms. The lowest BCUT2D eigenvalue weighted by molar-refractivity contribution is 0.0812. The predicted molar refractivity (Wildman–Crippen MR) is 98.6 cm³/mol. The largest absolute Gasteiger partial charge is 0.484 e. The van der Waals surface area contributed by atoms with E-state index < -0.39 is 0 Å². The molecule has 0 saturated heterocycles. The molecule has 0 saturated carbocycles. The molecule has 2 heterocycles. The van der Waals surface area contributed by atoms with Crippen LogP contribution >= 0.6 is 11.3 Å². The van der Waals surface area contributed by atoms with Gasteiger partial charge in [0.2, 0.25) is 5.89 Å². The van der Waals surface area contributed by atoms with Crippen molar-refractivity contribution in [2.24, 2.45) is 0 Å². The van der Waals surface area contributed by atoms with Crippen molar-refractivity contribution >= 4 is 27.5 Å². The molecular weight excluding hydrogens is 354 g/mol. The fourth-order valence-corrected chi connectivity index (χ4v) is 3.24. The molecule has 0 unspecified atom stereocenters. The van der Waals surface area contributed by atoms with Crippen LogP contribution in [0.25, 0.3) is 10.2 Å². The van der Waals surface area contributed by atoms with Crippen molar-refractivity contribution < 1.29 is 18.7 Å². The Morgan fingerprint density at radius 2 is 2.23 bits per heavy atom. The first kappa shape index (κ1) is 18.3. The van der Waals surface area contributed by atoms with E-state index in [-0.39, 0.29) is 24.3 Å². The van der Waals surface area contributed by atoms with Gasteiger partial charge in [-0.3, -0.25) is 4.79 Å². The maximum Gasteiger partial charge on any atom is 0.273 e. The van der Waals surface area contributed by atoms with E-state index in [1.807, 2.05) is 32.0 Å². The maximum absolute atomic E-state index is 12.1. The molecule has 2 aromatic heterocycles. The highest BCUT2D eigenvalue weighted by Crippen LogP contribution is 2.25. The van der Waals surface area contributed by atoms with E-state index in [0.717, 1.165) is 21.6 Å². The Morgan fingerprint density at radius 1 is 1.38 bits per heavy atom. The summed E-state index contributed by atoms with van der Waals surface area (Å²) in [6, 6.07) is 5.74. The van der Waals surface area contributed by atoms with Crippen LogP contribution in [0.1, 0.15) is 34.7 Å².